The molecule has 1 unspecified atom stereocenters. The van der Waals surface area contributed by atoms with Crippen molar-refractivity contribution in [3.8, 4) is 5.75 Å². The second-order valence-corrected chi connectivity index (χ2v) is 5.64. The molecule has 1 N–H and O–H groups in total. The van der Waals surface area contributed by atoms with E-state index >= 15 is 0 Å². The summed E-state index contributed by atoms with van der Waals surface area (Å²) in [6.45, 7) is 1.21. The number of fused-ring (bicyclic) bond motifs is 1. The van der Waals surface area contributed by atoms with Crippen molar-refractivity contribution in [3.63, 3.8) is 0 Å². The Morgan fingerprint density at radius 2 is 2.00 bits per heavy atom. The Hall–Kier alpha value is -2.33. The summed E-state index contributed by atoms with van der Waals surface area (Å²) in [6.07, 6.45) is 1.24. The first-order valence-electron chi connectivity index (χ1n) is 7.85. The molecule has 0 aromatic heterocycles. The van der Waals surface area contributed by atoms with Crippen LogP contribution in [-0.4, -0.2) is 26.2 Å². The normalized spacial score (nSPS) is 16.5. The average molecular weight is 311 g/mol. The fraction of sp³-hybridized carbons (Fsp3) is 0.316. The largest absolute Gasteiger partial charge is 0.497 e. The van der Waals surface area contributed by atoms with E-state index in [1.807, 2.05) is 36.4 Å². The lowest BCUT2D eigenvalue weighted by Gasteiger charge is -2.26. The van der Waals surface area contributed by atoms with E-state index in [0.29, 0.717) is 19.6 Å². The maximum Gasteiger partial charge on any atom is 0.224 e. The van der Waals surface area contributed by atoms with Gasteiger partial charge in [0, 0.05) is 6.54 Å². The summed E-state index contributed by atoms with van der Waals surface area (Å²) in [5.74, 6) is 0.795. The van der Waals surface area contributed by atoms with Gasteiger partial charge in [-0.25, -0.2) is 0 Å². The van der Waals surface area contributed by atoms with Gasteiger partial charge in [0.25, 0.3) is 0 Å². The van der Waals surface area contributed by atoms with Crippen LogP contribution in [-0.2, 0) is 22.4 Å². The minimum absolute atomic E-state index is 0.00169. The van der Waals surface area contributed by atoms with Crippen molar-refractivity contribution in [1.82, 2.24) is 5.32 Å². The Kier molecular flexibility index (Phi) is 4.93. The van der Waals surface area contributed by atoms with Gasteiger partial charge in [0.1, 0.15) is 11.9 Å². The van der Waals surface area contributed by atoms with Crippen LogP contribution >= 0.6 is 0 Å². The van der Waals surface area contributed by atoms with Crippen molar-refractivity contribution in [1.29, 1.82) is 0 Å². The second kappa shape index (κ2) is 7.29. The molecule has 0 spiro atoms. The maximum atomic E-state index is 12.1. The molecule has 2 aromatic rings. The molecule has 0 saturated carbocycles. The van der Waals surface area contributed by atoms with Crippen LogP contribution in [0.4, 0.5) is 0 Å². The zero-order valence-electron chi connectivity index (χ0n) is 13.2. The van der Waals surface area contributed by atoms with Gasteiger partial charge in [-0.3, -0.25) is 4.79 Å². The molecule has 0 radical (unpaired) electrons. The van der Waals surface area contributed by atoms with E-state index in [2.05, 4.69) is 17.4 Å². The molecule has 1 aliphatic heterocycles. The predicted octanol–water partition coefficient (Wildman–Crippen LogP) is 2.67. The lowest BCUT2D eigenvalue weighted by Crippen LogP contribution is -2.32. The van der Waals surface area contributed by atoms with Gasteiger partial charge in [0.15, 0.2) is 0 Å². The molecule has 1 amide bonds. The Labute approximate surface area is 136 Å². The van der Waals surface area contributed by atoms with Crippen molar-refractivity contribution in [2.45, 2.75) is 18.9 Å². The predicted molar refractivity (Wildman–Crippen MR) is 88.5 cm³/mol. The zero-order chi connectivity index (χ0) is 16.1. The van der Waals surface area contributed by atoms with Crippen molar-refractivity contribution in [3.05, 3.63) is 65.2 Å². The summed E-state index contributed by atoms with van der Waals surface area (Å²) in [5.41, 5.74) is 3.46. The average Bonchev–Trinajstić information content (AvgIpc) is 2.60. The van der Waals surface area contributed by atoms with E-state index in [1.54, 1.807) is 7.11 Å². The molecule has 0 aliphatic carbocycles. The highest BCUT2D eigenvalue weighted by molar-refractivity contribution is 5.78. The summed E-state index contributed by atoms with van der Waals surface area (Å²) in [7, 11) is 1.63. The fourth-order valence-electron chi connectivity index (χ4n) is 2.84. The van der Waals surface area contributed by atoms with E-state index in [-0.39, 0.29) is 12.0 Å². The molecule has 1 atom stereocenters. The van der Waals surface area contributed by atoms with Gasteiger partial charge in [-0.2, -0.15) is 0 Å². The molecular formula is C19H21NO3. The minimum atomic E-state index is -0.0558. The molecule has 0 fully saturated rings. The third-order valence-corrected chi connectivity index (χ3v) is 4.10. The third-order valence-electron chi connectivity index (χ3n) is 4.10. The van der Waals surface area contributed by atoms with Gasteiger partial charge in [-0.1, -0.05) is 36.4 Å². The Morgan fingerprint density at radius 3 is 2.78 bits per heavy atom. The first-order valence-corrected chi connectivity index (χ1v) is 7.85. The van der Waals surface area contributed by atoms with E-state index in [9.17, 15) is 4.79 Å². The molecule has 1 heterocycles. The minimum Gasteiger partial charge on any atom is -0.497 e. The van der Waals surface area contributed by atoms with E-state index in [0.717, 1.165) is 17.7 Å². The second-order valence-electron chi connectivity index (χ2n) is 5.64. The molecule has 2 aromatic carbocycles. The van der Waals surface area contributed by atoms with Gasteiger partial charge in [-0.05, 0) is 35.2 Å². The van der Waals surface area contributed by atoms with Gasteiger partial charge >= 0.3 is 0 Å². The Balaban J connectivity index is 1.55. The Morgan fingerprint density at radius 1 is 1.22 bits per heavy atom. The van der Waals surface area contributed by atoms with Crippen LogP contribution in [0.1, 0.15) is 22.8 Å². The highest BCUT2D eigenvalue weighted by atomic mass is 16.5. The lowest BCUT2D eigenvalue weighted by molar-refractivity contribution is -0.121. The highest BCUT2D eigenvalue weighted by Gasteiger charge is 2.20. The van der Waals surface area contributed by atoms with Crippen molar-refractivity contribution < 1.29 is 14.3 Å². The number of ether oxygens (including phenoxy) is 2. The van der Waals surface area contributed by atoms with Crippen LogP contribution in [0.3, 0.4) is 0 Å². The van der Waals surface area contributed by atoms with Crippen LogP contribution in [0.25, 0.3) is 0 Å². The maximum absolute atomic E-state index is 12.1. The molecule has 3 rings (SSSR count). The van der Waals surface area contributed by atoms with Crippen LogP contribution in [0.5, 0.6) is 5.75 Å². The standard InChI is InChI=1S/C19H21NO3/c1-22-16-8-6-14(7-9-16)12-19(21)20-13-18-17-5-3-2-4-15(17)10-11-23-18/h2-9,18H,10-13H2,1H3,(H,20,21). The summed E-state index contributed by atoms with van der Waals surface area (Å²) in [5, 5.41) is 2.98. The smallest absolute Gasteiger partial charge is 0.224 e. The molecule has 1 aliphatic rings. The highest BCUT2D eigenvalue weighted by Crippen LogP contribution is 2.26. The number of amides is 1. The van der Waals surface area contributed by atoms with E-state index in [4.69, 9.17) is 9.47 Å². The number of methoxy groups -OCH3 is 1. The number of carbonyl (C=O) groups is 1. The lowest BCUT2D eigenvalue weighted by atomic mass is 9.97. The molecule has 23 heavy (non-hydrogen) atoms. The van der Waals surface area contributed by atoms with E-state index in [1.165, 1.54) is 11.1 Å². The first kappa shape index (κ1) is 15.6. The summed E-state index contributed by atoms with van der Waals surface area (Å²) in [6, 6.07) is 15.8. The third kappa shape index (κ3) is 3.90. The van der Waals surface area contributed by atoms with Crippen molar-refractivity contribution in [2.24, 2.45) is 0 Å². The monoisotopic (exact) mass is 311 g/mol. The van der Waals surface area contributed by atoms with E-state index < -0.39 is 0 Å². The van der Waals surface area contributed by atoms with Crippen LogP contribution in [0, 0.1) is 0 Å². The first-order chi connectivity index (χ1) is 11.3. The van der Waals surface area contributed by atoms with Crippen molar-refractivity contribution >= 4 is 5.91 Å². The summed E-state index contributed by atoms with van der Waals surface area (Å²) in [4.78, 5) is 12.1. The van der Waals surface area contributed by atoms with Gasteiger partial charge < -0.3 is 14.8 Å². The number of carbonyl (C=O) groups excluding carboxylic acids is 1. The number of nitrogens with one attached hydrogen (secondary N) is 1. The number of benzene rings is 2. The fourth-order valence-corrected chi connectivity index (χ4v) is 2.84. The number of hydrogen-bond donors (Lipinski definition) is 1. The number of hydrogen-bond acceptors (Lipinski definition) is 3. The van der Waals surface area contributed by atoms with Gasteiger partial charge in [-0.15, -0.1) is 0 Å². The van der Waals surface area contributed by atoms with Crippen molar-refractivity contribution in [2.75, 3.05) is 20.3 Å². The van der Waals surface area contributed by atoms with Crippen LogP contribution < -0.4 is 10.1 Å². The Bertz CT molecular complexity index is 667. The molecule has 120 valence electrons. The van der Waals surface area contributed by atoms with Crippen LogP contribution in [0.15, 0.2) is 48.5 Å². The quantitative estimate of drug-likeness (QED) is 0.923. The van der Waals surface area contributed by atoms with Gasteiger partial charge in [0.2, 0.25) is 5.91 Å². The summed E-state index contributed by atoms with van der Waals surface area (Å²) >= 11 is 0. The van der Waals surface area contributed by atoms with Crippen LogP contribution in [0.2, 0.25) is 0 Å². The number of rotatable bonds is 5. The molecule has 0 saturated heterocycles. The topological polar surface area (TPSA) is 47.6 Å². The molecule has 4 nitrogen and oxygen atoms in total. The molecular weight excluding hydrogens is 290 g/mol. The summed E-state index contributed by atoms with van der Waals surface area (Å²) < 4.78 is 10.9. The van der Waals surface area contributed by atoms with Gasteiger partial charge in [0.05, 0.1) is 20.1 Å². The molecule has 0 bridgehead atoms. The zero-order valence-corrected chi connectivity index (χ0v) is 13.2. The SMILES string of the molecule is COc1ccc(CC(=O)NCC2OCCc3ccccc32)cc1. The molecule has 4 heteroatoms.